The number of rotatable bonds is 15. The molecule has 0 aliphatic carbocycles. The van der Waals surface area contributed by atoms with Gasteiger partial charge in [-0.15, -0.1) is 0 Å². The zero-order valence-electron chi connectivity index (χ0n) is 18.0. The minimum absolute atomic E-state index is 0.587. The van der Waals surface area contributed by atoms with Crippen molar-refractivity contribution in [2.45, 2.75) is 77.7 Å². The molecule has 2 aromatic carbocycles. The van der Waals surface area contributed by atoms with Crippen molar-refractivity contribution in [2.24, 2.45) is 0 Å². The number of nitrogens with zero attached hydrogens (tertiary/aromatic N) is 2. The number of ether oxygens (including phenoxy) is 1. The maximum Gasteiger partial charge on any atom is 0.329 e. The summed E-state index contributed by atoms with van der Waals surface area (Å²) in [5.74, 6) is 0. The molecular formula is C26H36N2O. The molecule has 0 aliphatic heterocycles. The van der Waals surface area contributed by atoms with E-state index in [9.17, 15) is 5.53 Å². The molecule has 29 heavy (non-hydrogen) atoms. The van der Waals surface area contributed by atoms with Gasteiger partial charge in [-0.3, -0.25) is 0 Å². The second-order valence-corrected chi connectivity index (χ2v) is 7.75. The van der Waals surface area contributed by atoms with Crippen molar-refractivity contribution < 1.29 is 9.53 Å². The largest absolute Gasteiger partial charge is 0.377 e. The second kappa shape index (κ2) is 14.7. The fourth-order valence-electron chi connectivity index (χ4n) is 3.52. The van der Waals surface area contributed by atoms with Gasteiger partial charge < -0.3 is 10.3 Å². The van der Waals surface area contributed by atoms with Gasteiger partial charge in [-0.05, 0) is 36.2 Å². The molecule has 0 aliphatic rings. The molecular weight excluding hydrogens is 356 g/mol. The molecule has 0 aromatic heterocycles. The Bertz CT molecular complexity index is 718. The van der Waals surface area contributed by atoms with E-state index in [0.717, 1.165) is 29.7 Å². The lowest BCUT2D eigenvalue weighted by Crippen LogP contribution is -2.04. The smallest absolute Gasteiger partial charge is 0.329 e. The average Bonchev–Trinajstić information content (AvgIpc) is 2.77. The summed E-state index contributed by atoms with van der Waals surface area (Å²) < 4.78 is 5.82. The Morgan fingerprint density at radius 1 is 0.724 bits per heavy atom. The highest BCUT2D eigenvalue weighted by molar-refractivity contribution is 6.09. The standard InChI is InChI=1S/C26H36N2O/c1-2-3-4-5-6-7-8-9-10-14-21-29-22-23-17-19-25(20-18-23)26(28-27)24-15-12-11-13-16-24/h11-13,15-20H,2-10,14,21-22H2,1H3. The summed E-state index contributed by atoms with van der Waals surface area (Å²) in [4.78, 5) is 3.48. The van der Waals surface area contributed by atoms with Crippen LogP contribution >= 0.6 is 0 Å². The predicted molar refractivity (Wildman–Crippen MR) is 121 cm³/mol. The third kappa shape index (κ3) is 9.21. The lowest BCUT2D eigenvalue weighted by atomic mass is 10.0. The molecule has 0 radical (unpaired) electrons. The highest BCUT2D eigenvalue weighted by Gasteiger charge is 2.14. The highest BCUT2D eigenvalue weighted by Crippen LogP contribution is 2.13. The highest BCUT2D eigenvalue weighted by atomic mass is 16.5. The molecule has 0 amide bonds. The molecule has 0 spiro atoms. The zero-order valence-corrected chi connectivity index (χ0v) is 18.0. The van der Waals surface area contributed by atoms with E-state index in [1.54, 1.807) is 0 Å². The fraction of sp³-hybridized carbons (Fsp3) is 0.500. The Labute approximate surface area is 176 Å². The van der Waals surface area contributed by atoms with Crippen LogP contribution in [0.5, 0.6) is 0 Å². The van der Waals surface area contributed by atoms with Gasteiger partial charge in [0.1, 0.15) is 0 Å². The maximum atomic E-state index is 9.39. The first-order valence-electron chi connectivity index (χ1n) is 11.3. The minimum atomic E-state index is 0.587. The molecule has 3 nitrogen and oxygen atoms in total. The molecule has 3 heteroatoms. The Balaban J connectivity index is 1.58. The van der Waals surface area contributed by atoms with Gasteiger partial charge in [-0.1, -0.05) is 95.0 Å². The van der Waals surface area contributed by atoms with Crippen LogP contribution in [-0.4, -0.2) is 17.1 Å². The van der Waals surface area contributed by atoms with Crippen LogP contribution in [0.3, 0.4) is 0 Å². The van der Waals surface area contributed by atoms with Gasteiger partial charge >= 0.3 is 5.71 Å². The second-order valence-electron chi connectivity index (χ2n) is 7.75. The Hall–Kier alpha value is -2.22. The van der Waals surface area contributed by atoms with Crippen molar-refractivity contribution in [2.75, 3.05) is 6.61 Å². The number of hydrogen-bond donors (Lipinski definition) is 0. The third-order valence-corrected chi connectivity index (χ3v) is 5.29. The normalized spacial score (nSPS) is 10.7. The first-order valence-corrected chi connectivity index (χ1v) is 11.3. The van der Waals surface area contributed by atoms with Gasteiger partial charge in [-0.2, -0.15) is 4.79 Å². The number of hydrogen-bond acceptors (Lipinski definition) is 1. The van der Waals surface area contributed by atoms with Gasteiger partial charge in [0, 0.05) is 6.61 Å². The monoisotopic (exact) mass is 392 g/mol. The Morgan fingerprint density at radius 3 is 1.86 bits per heavy atom. The van der Waals surface area contributed by atoms with Crippen molar-refractivity contribution in [3.63, 3.8) is 0 Å². The Morgan fingerprint density at radius 2 is 1.28 bits per heavy atom. The van der Waals surface area contributed by atoms with Crippen LogP contribution in [0.4, 0.5) is 0 Å². The van der Waals surface area contributed by atoms with E-state index in [1.165, 1.54) is 57.8 Å². The van der Waals surface area contributed by atoms with Crippen LogP contribution in [0.2, 0.25) is 0 Å². The molecule has 0 atom stereocenters. The lowest BCUT2D eigenvalue weighted by molar-refractivity contribution is -0.00279. The van der Waals surface area contributed by atoms with E-state index in [4.69, 9.17) is 4.74 Å². The molecule has 0 N–H and O–H groups in total. The molecule has 0 fully saturated rings. The first-order chi connectivity index (χ1) is 14.3. The summed E-state index contributed by atoms with van der Waals surface area (Å²) in [5.41, 5.74) is 12.9. The van der Waals surface area contributed by atoms with E-state index in [-0.39, 0.29) is 0 Å². The summed E-state index contributed by atoms with van der Waals surface area (Å²) in [6.45, 7) is 3.73. The molecule has 0 unspecified atom stereocenters. The summed E-state index contributed by atoms with van der Waals surface area (Å²) in [7, 11) is 0. The Kier molecular flexibility index (Phi) is 11.7. The molecule has 0 heterocycles. The third-order valence-electron chi connectivity index (χ3n) is 5.29. The number of unbranched alkanes of at least 4 members (excludes halogenated alkanes) is 9. The predicted octanol–water partition coefficient (Wildman–Crippen LogP) is 7.19. The van der Waals surface area contributed by atoms with Crippen LogP contribution in [0, 0.1) is 0 Å². The van der Waals surface area contributed by atoms with E-state index in [1.807, 2.05) is 54.6 Å². The lowest BCUT2D eigenvalue weighted by Gasteiger charge is -2.06. The van der Waals surface area contributed by atoms with Gasteiger partial charge in [-0.25, -0.2) is 0 Å². The minimum Gasteiger partial charge on any atom is -0.377 e. The van der Waals surface area contributed by atoms with Crippen molar-refractivity contribution in [1.29, 1.82) is 0 Å². The summed E-state index contributed by atoms with van der Waals surface area (Å²) in [5, 5.41) is 0. The van der Waals surface area contributed by atoms with Crippen LogP contribution in [-0.2, 0) is 11.3 Å². The van der Waals surface area contributed by atoms with Gasteiger partial charge in [0.05, 0.1) is 17.7 Å². The summed E-state index contributed by atoms with van der Waals surface area (Å²) in [6, 6.07) is 17.8. The zero-order chi connectivity index (χ0) is 20.6. The average molecular weight is 393 g/mol. The molecule has 0 saturated carbocycles. The van der Waals surface area contributed by atoms with Gasteiger partial charge in [0.2, 0.25) is 0 Å². The number of benzene rings is 2. The van der Waals surface area contributed by atoms with Crippen molar-refractivity contribution in [1.82, 2.24) is 0 Å². The fourth-order valence-corrected chi connectivity index (χ4v) is 3.52. The topological polar surface area (TPSA) is 45.6 Å². The maximum absolute atomic E-state index is 9.39. The first kappa shape index (κ1) is 23.1. The molecule has 2 rings (SSSR count). The van der Waals surface area contributed by atoms with Crippen LogP contribution in [0.25, 0.3) is 5.53 Å². The van der Waals surface area contributed by atoms with E-state index >= 15 is 0 Å². The van der Waals surface area contributed by atoms with Crippen molar-refractivity contribution in [3.8, 4) is 0 Å². The van der Waals surface area contributed by atoms with Gasteiger partial charge in [0.15, 0.2) is 0 Å². The molecule has 0 bridgehead atoms. The van der Waals surface area contributed by atoms with Gasteiger partial charge in [0.25, 0.3) is 0 Å². The quantitative estimate of drug-likeness (QED) is 0.137. The molecule has 0 saturated heterocycles. The van der Waals surface area contributed by atoms with E-state index in [0.29, 0.717) is 12.3 Å². The van der Waals surface area contributed by atoms with Crippen molar-refractivity contribution >= 4 is 5.71 Å². The SMILES string of the molecule is CCCCCCCCCCCCOCc1ccc(C(=[N+]=[N-])c2ccccc2)cc1. The van der Waals surface area contributed by atoms with Crippen molar-refractivity contribution in [3.05, 3.63) is 76.8 Å². The van der Waals surface area contributed by atoms with E-state index < -0.39 is 0 Å². The summed E-state index contributed by atoms with van der Waals surface area (Å²) in [6.07, 6.45) is 13.4. The van der Waals surface area contributed by atoms with Crippen LogP contribution in [0.15, 0.2) is 54.6 Å². The molecule has 2 aromatic rings. The van der Waals surface area contributed by atoms with Crippen LogP contribution < -0.4 is 0 Å². The van der Waals surface area contributed by atoms with Crippen LogP contribution in [0.1, 0.15) is 87.8 Å². The molecule has 156 valence electrons. The van der Waals surface area contributed by atoms with E-state index in [2.05, 4.69) is 11.7 Å². The summed E-state index contributed by atoms with van der Waals surface area (Å²) >= 11 is 0.